The molecule has 0 aliphatic rings. The van der Waals surface area contributed by atoms with Gasteiger partial charge in [0.05, 0.1) is 0 Å². The zero-order valence-corrected chi connectivity index (χ0v) is 11.7. The maximum atomic E-state index is 9.36. The van der Waals surface area contributed by atoms with Crippen molar-refractivity contribution < 1.29 is 5.11 Å². The summed E-state index contributed by atoms with van der Waals surface area (Å²) >= 11 is 0. The minimum atomic E-state index is -0.509. The number of rotatable bonds is 5. The average Bonchev–Trinajstić information content (AvgIpc) is 2.34. The lowest BCUT2D eigenvalue weighted by Crippen LogP contribution is -2.00. The molecule has 0 bridgehead atoms. The van der Waals surface area contributed by atoms with Crippen molar-refractivity contribution in [2.75, 3.05) is 0 Å². The zero-order chi connectivity index (χ0) is 13.6. The van der Waals surface area contributed by atoms with Gasteiger partial charge in [-0.15, -0.1) is 0 Å². The monoisotopic (exact) mass is 244 g/mol. The number of hydrogen-bond acceptors (Lipinski definition) is 1. The van der Waals surface area contributed by atoms with Crippen LogP contribution in [0.2, 0.25) is 0 Å². The molecule has 0 unspecified atom stereocenters. The molecule has 98 valence electrons. The summed E-state index contributed by atoms with van der Waals surface area (Å²) in [5.41, 5.74) is 0. The highest BCUT2D eigenvalue weighted by atomic mass is 16.3. The van der Waals surface area contributed by atoms with Crippen molar-refractivity contribution in [3.63, 3.8) is 0 Å². The highest BCUT2D eigenvalue weighted by Gasteiger charge is 1.93. The second-order valence-electron chi connectivity index (χ2n) is 4.23. The van der Waals surface area contributed by atoms with Gasteiger partial charge < -0.3 is 5.11 Å². The number of allylic oxidation sites excluding steroid dienone is 4. The number of hydrogen-bond donors (Lipinski definition) is 1. The van der Waals surface area contributed by atoms with Gasteiger partial charge in [0.1, 0.15) is 6.10 Å². The van der Waals surface area contributed by atoms with Crippen molar-refractivity contribution in [2.24, 2.45) is 5.92 Å². The van der Waals surface area contributed by atoms with Crippen LogP contribution in [-0.4, -0.2) is 11.2 Å². The lowest BCUT2D eigenvalue weighted by Gasteiger charge is -1.96. The fraction of sp³-hybridized carbons (Fsp3) is 0.529. The first-order valence-corrected chi connectivity index (χ1v) is 6.70. The van der Waals surface area contributed by atoms with E-state index in [2.05, 4.69) is 49.7 Å². The van der Waals surface area contributed by atoms with Crippen molar-refractivity contribution >= 4 is 0 Å². The molecule has 0 fully saturated rings. The van der Waals surface area contributed by atoms with Crippen LogP contribution in [0.25, 0.3) is 0 Å². The summed E-state index contributed by atoms with van der Waals surface area (Å²) in [5.74, 6) is 12.0. The summed E-state index contributed by atoms with van der Waals surface area (Å²) in [5, 5.41) is 9.36. The third kappa shape index (κ3) is 11.1. The molecule has 1 nitrogen and oxygen atoms in total. The van der Waals surface area contributed by atoms with Crippen molar-refractivity contribution in [3.8, 4) is 23.7 Å². The SMILES string of the molecule is CC/C=C\C[C@H](C)C#C/C=C\C#C[C@@H](O)CCC. The van der Waals surface area contributed by atoms with Crippen LogP contribution in [0.15, 0.2) is 24.3 Å². The standard InChI is InChI=1S/C17H24O/c1-4-6-9-13-16(3)14-10-7-8-11-15-17(18)12-5-2/h6-9,16-18H,4-5,12-13H2,1-3H3/b8-7-,9-6-/t16-,17-/m0/s1. The fourth-order valence-electron chi connectivity index (χ4n) is 1.29. The molecule has 0 aromatic rings. The van der Waals surface area contributed by atoms with Crippen LogP contribution in [0.4, 0.5) is 0 Å². The molecule has 0 rings (SSSR count). The van der Waals surface area contributed by atoms with Gasteiger partial charge in [-0.25, -0.2) is 0 Å². The van der Waals surface area contributed by atoms with Crippen LogP contribution in [0.5, 0.6) is 0 Å². The molecule has 1 heteroatoms. The van der Waals surface area contributed by atoms with E-state index in [0.717, 1.165) is 25.7 Å². The van der Waals surface area contributed by atoms with E-state index < -0.39 is 6.10 Å². The van der Waals surface area contributed by atoms with Crippen LogP contribution in [0.1, 0.15) is 46.5 Å². The predicted molar refractivity (Wildman–Crippen MR) is 78.8 cm³/mol. The van der Waals surface area contributed by atoms with E-state index in [0.29, 0.717) is 5.92 Å². The largest absolute Gasteiger partial charge is 0.380 e. The summed E-state index contributed by atoms with van der Waals surface area (Å²) in [6, 6.07) is 0. The molecule has 0 aliphatic heterocycles. The van der Waals surface area contributed by atoms with Crippen molar-refractivity contribution in [1.82, 2.24) is 0 Å². The van der Waals surface area contributed by atoms with E-state index in [1.54, 1.807) is 12.2 Å². The Balaban J connectivity index is 3.97. The Morgan fingerprint density at radius 3 is 2.33 bits per heavy atom. The highest BCUT2D eigenvalue weighted by molar-refractivity contribution is 5.26. The molecule has 0 heterocycles. The molecule has 0 spiro atoms. The van der Waals surface area contributed by atoms with Gasteiger partial charge >= 0.3 is 0 Å². The van der Waals surface area contributed by atoms with Gasteiger partial charge in [-0.2, -0.15) is 0 Å². The van der Waals surface area contributed by atoms with E-state index in [1.165, 1.54) is 0 Å². The van der Waals surface area contributed by atoms with Gasteiger partial charge in [0.25, 0.3) is 0 Å². The second-order valence-corrected chi connectivity index (χ2v) is 4.23. The third-order valence-electron chi connectivity index (χ3n) is 2.28. The van der Waals surface area contributed by atoms with E-state index in [-0.39, 0.29) is 0 Å². The van der Waals surface area contributed by atoms with Crippen molar-refractivity contribution in [3.05, 3.63) is 24.3 Å². The molecule has 0 saturated carbocycles. The lowest BCUT2D eigenvalue weighted by atomic mass is 10.1. The Kier molecular flexibility index (Phi) is 11.1. The van der Waals surface area contributed by atoms with Gasteiger partial charge in [-0.05, 0) is 31.4 Å². The first-order valence-electron chi connectivity index (χ1n) is 6.70. The Morgan fingerprint density at radius 1 is 1.06 bits per heavy atom. The maximum Gasteiger partial charge on any atom is 0.115 e. The Hall–Kier alpha value is -1.44. The topological polar surface area (TPSA) is 20.2 Å². The van der Waals surface area contributed by atoms with Gasteiger partial charge in [-0.3, -0.25) is 0 Å². The molecule has 0 saturated heterocycles. The minimum Gasteiger partial charge on any atom is -0.380 e. The molecule has 0 aromatic carbocycles. The highest BCUT2D eigenvalue weighted by Crippen LogP contribution is 2.01. The molecule has 1 N–H and O–H groups in total. The molecular formula is C17H24O. The van der Waals surface area contributed by atoms with E-state index in [1.807, 2.05) is 6.92 Å². The van der Waals surface area contributed by atoms with Crippen LogP contribution >= 0.6 is 0 Å². The zero-order valence-electron chi connectivity index (χ0n) is 11.7. The van der Waals surface area contributed by atoms with Gasteiger partial charge in [0.2, 0.25) is 0 Å². The van der Waals surface area contributed by atoms with E-state index in [4.69, 9.17) is 0 Å². The Labute approximate surface area is 112 Å². The second kappa shape index (κ2) is 12.0. The summed E-state index contributed by atoms with van der Waals surface area (Å²) in [4.78, 5) is 0. The van der Waals surface area contributed by atoms with Crippen LogP contribution in [0, 0.1) is 29.6 Å². The van der Waals surface area contributed by atoms with Gasteiger partial charge in [0.15, 0.2) is 0 Å². The van der Waals surface area contributed by atoms with Crippen molar-refractivity contribution in [1.29, 1.82) is 0 Å². The fourth-order valence-corrected chi connectivity index (χ4v) is 1.29. The summed E-state index contributed by atoms with van der Waals surface area (Å²) in [7, 11) is 0. The van der Waals surface area contributed by atoms with Crippen LogP contribution < -0.4 is 0 Å². The summed E-state index contributed by atoms with van der Waals surface area (Å²) < 4.78 is 0. The first-order chi connectivity index (χ1) is 8.70. The molecule has 0 aromatic heterocycles. The number of aliphatic hydroxyl groups excluding tert-OH is 1. The molecule has 0 amide bonds. The summed E-state index contributed by atoms with van der Waals surface area (Å²) in [6.45, 7) is 6.26. The predicted octanol–water partition coefficient (Wildman–Crippen LogP) is 3.70. The van der Waals surface area contributed by atoms with Crippen LogP contribution in [-0.2, 0) is 0 Å². The van der Waals surface area contributed by atoms with E-state index in [9.17, 15) is 5.11 Å². The quantitative estimate of drug-likeness (QED) is 0.577. The normalized spacial score (nSPS) is 13.8. The minimum absolute atomic E-state index is 0.371. The average molecular weight is 244 g/mol. The van der Waals surface area contributed by atoms with Crippen LogP contribution in [0.3, 0.4) is 0 Å². The van der Waals surface area contributed by atoms with E-state index >= 15 is 0 Å². The van der Waals surface area contributed by atoms with Crippen molar-refractivity contribution in [2.45, 2.75) is 52.6 Å². The van der Waals surface area contributed by atoms with Gasteiger partial charge in [0, 0.05) is 5.92 Å². The molecule has 18 heavy (non-hydrogen) atoms. The molecular weight excluding hydrogens is 220 g/mol. The lowest BCUT2D eigenvalue weighted by molar-refractivity contribution is 0.221. The van der Waals surface area contributed by atoms with Gasteiger partial charge in [-0.1, -0.05) is 63.0 Å². The molecule has 0 aliphatic carbocycles. The number of aliphatic hydroxyl groups is 1. The maximum absolute atomic E-state index is 9.36. The molecule has 2 atom stereocenters. The molecule has 0 radical (unpaired) electrons. The summed E-state index contributed by atoms with van der Waals surface area (Å²) in [6.07, 6.45) is 11.0. The Morgan fingerprint density at radius 2 is 1.72 bits per heavy atom. The first kappa shape index (κ1) is 16.6. The smallest absolute Gasteiger partial charge is 0.115 e. The third-order valence-corrected chi connectivity index (χ3v) is 2.28. The Bertz CT molecular complexity index is 368.